The van der Waals surface area contributed by atoms with Crippen molar-refractivity contribution in [3.8, 4) is 23.0 Å². The molecule has 35 heavy (non-hydrogen) atoms. The van der Waals surface area contributed by atoms with Gasteiger partial charge >= 0.3 is 0 Å². The third kappa shape index (κ3) is 4.75. The molecule has 6 nitrogen and oxygen atoms in total. The van der Waals surface area contributed by atoms with E-state index in [1.54, 1.807) is 0 Å². The van der Waals surface area contributed by atoms with Gasteiger partial charge in [0, 0.05) is 23.3 Å². The normalized spacial score (nSPS) is 15.1. The molecule has 186 valence electrons. The summed E-state index contributed by atoms with van der Waals surface area (Å²) in [6.07, 6.45) is 7.82. The minimum atomic E-state index is -0.476. The van der Waals surface area contributed by atoms with Crippen LogP contribution in [0.25, 0.3) is 21.9 Å². The Balaban J connectivity index is 1.94. The molecule has 1 aliphatic rings. The Bertz CT molecular complexity index is 1420. The lowest BCUT2D eigenvalue weighted by molar-refractivity contribution is 0.0858. The number of benzene rings is 2. The zero-order chi connectivity index (χ0) is 25.5. The van der Waals surface area contributed by atoms with Gasteiger partial charge in [-0.05, 0) is 66.7 Å². The first-order valence-electron chi connectivity index (χ1n) is 12.0. The van der Waals surface area contributed by atoms with Crippen molar-refractivity contribution >= 4 is 21.9 Å². The Morgan fingerprint density at radius 3 is 2.46 bits per heavy atom. The molecular weight excluding hydrogens is 444 g/mol. The lowest BCUT2D eigenvalue weighted by Crippen LogP contribution is -2.33. The molecule has 0 bridgehead atoms. The summed E-state index contributed by atoms with van der Waals surface area (Å²) < 4.78 is 17.8. The molecule has 0 spiro atoms. The first-order chi connectivity index (χ1) is 16.5. The van der Waals surface area contributed by atoms with Crippen LogP contribution in [0.4, 0.5) is 0 Å². The molecule has 0 amide bonds. The van der Waals surface area contributed by atoms with Crippen LogP contribution in [0, 0.1) is 0 Å². The minimum Gasteiger partial charge on any atom is -0.507 e. The molecule has 0 saturated carbocycles. The molecule has 6 heteroatoms. The topological polar surface area (TPSA) is 89.1 Å². The number of ether oxygens (including phenoxy) is 2. The van der Waals surface area contributed by atoms with Crippen LogP contribution in [-0.2, 0) is 12.8 Å². The van der Waals surface area contributed by atoms with Crippen molar-refractivity contribution in [1.82, 2.24) is 0 Å². The molecule has 1 aliphatic heterocycles. The average molecular weight is 479 g/mol. The van der Waals surface area contributed by atoms with Crippen LogP contribution in [0.5, 0.6) is 23.0 Å². The number of hydrogen-bond donors (Lipinski definition) is 2. The largest absolute Gasteiger partial charge is 0.507 e. The van der Waals surface area contributed by atoms with Crippen molar-refractivity contribution in [2.45, 2.75) is 72.3 Å². The third-order valence-electron chi connectivity index (χ3n) is 6.63. The number of phenolic OH excluding ortho intramolecular Hbond substituents is 2. The summed E-state index contributed by atoms with van der Waals surface area (Å²) in [4.78, 5) is 14.0. The van der Waals surface area contributed by atoms with Crippen LogP contribution < -0.4 is 14.9 Å². The summed E-state index contributed by atoms with van der Waals surface area (Å²) in [7, 11) is 1.48. The second kappa shape index (κ2) is 9.33. The number of aromatic hydroxyl groups is 2. The third-order valence-corrected chi connectivity index (χ3v) is 6.63. The van der Waals surface area contributed by atoms with E-state index in [1.165, 1.54) is 30.4 Å². The van der Waals surface area contributed by atoms with E-state index in [0.717, 1.165) is 19.3 Å². The highest BCUT2D eigenvalue weighted by Crippen LogP contribution is 2.44. The fourth-order valence-electron chi connectivity index (χ4n) is 4.71. The van der Waals surface area contributed by atoms with Crippen molar-refractivity contribution < 1.29 is 24.1 Å². The van der Waals surface area contributed by atoms with Crippen LogP contribution >= 0.6 is 0 Å². The Hall–Kier alpha value is -3.41. The molecule has 2 N–H and O–H groups in total. The van der Waals surface area contributed by atoms with Gasteiger partial charge in [-0.3, -0.25) is 4.79 Å². The standard InChI is InChI=1S/C29H34O6/c1-16(2)8-7-9-17(3)10-11-19-24-22(15-21(31)27(19)33-6)34-23-14-20(30)18-12-13-29(4,5)35-28(18)25(23)26(24)32/h8,10,14-15,30-31H,7,9,11-13H2,1-6H3/b17-10+. The molecule has 1 aromatic heterocycles. The van der Waals surface area contributed by atoms with Gasteiger partial charge in [-0.1, -0.05) is 23.3 Å². The zero-order valence-electron chi connectivity index (χ0n) is 21.4. The van der Waals surface area contributed by atoms with Gasteiger partial charge in [0.15, 0.2) is 11.5 Å². The molecular formula is C29H34O6. The van der Waals surface area contributed by atoms with E-state index in [4.69, 9.17) is 13.9 Å². The van der Waals surface area contributed by atoms with Gasteiger partial charge in [0.2, 0.25) is 5.43 Å². The molecule has 0 radical (unpaired) electrons. The van der Waals surface area contributed by atoms with Crippen LogP contribution in [0.1, 0.15) is 65.0 Å². The SMILES string of the molecule is COc1c(O)cc2oc3cc(O)c4c(c3c(=O)c2c1C/C=C(\C)CCC=C(C)C)OC(C)(C)CC4. The summed E-state index contributed by atoms with van der Waals surface area (Å²) in [6, 6.07) is 2.86. The van der Waals surface area contributed by atoms with E-state index >= 15 is 0 Å². The molecule has 3 aromatic rings. The van der Waals surface area contributed by atoms with E-state index in [1.807, 2.05) is 13.8 Å². The molecule has 2 heterocycles. The second-order valence-corrected chi connectivity index (χ2v) is 10.2. The lowest BCUT2D eigenvalue weighted by Gasteiger charge is -2.33. The average Bonchev–Trinajstić information content (AvgIpc) is 2.76. The summed E-state index contributed by atoms with van der Waals surface area (Å²) in [5.74, 6) is 0.566. The number of phenols is 2. The van der Waals surface area contributed by atoms with E-state index in [9.17, 15) is 15.0 Å². The van der Waals surface area contributed by atoms with Crippen molar-refractivity contribution in [3.63, 3.8) is 0 Å². The molecule has 4 rings (SSSR count). The molecule has 0 aliphatic carbocycles. The van der Waals surface area contributed by atoms with Crippen LogP contribution in [0.3, 0.4) is 0 Å². The lowest BCUT2D eigenvalue weighted by atomic mass is 9.91. The Morgan fingerprint density at radius 1 is 1.09 bits per heavy atom. The predicted molar refractivity (Wildman–Crippen MR) is 139 cm³/mol. The van der Waals surface area contributed by atoms with Crippen molar-refractivity contribution in [2.24, 2.45) is 0 Å². The quantitative estimate of drug-likeness (QED) is 0.302. The maximum atomic E-state index is 14.0. The number of methoxy groups -OCH3 is 1. The summed E-state index contributed by atoms with van der Waals surface area (Å²) in [5, 5.41) is 21.9. The number of fused-ring (bicyclic) bond motifs is 4. The number of allylic oxidation sites excluding steroid dienone is 4. The molecule has 2 aromatic carbocycles. The highest BCUT2D eigenvalue weighted by molar-refractivity contribution is 5.98. The van der Waals surface area contributed by atoms with Crippen LogP contribution in [-0.4, -0.2) is 22.9 Å². The maximum absolute atomic E-state index is 14.0. The fourth-order valence-corrected chi connectivity index (χ4v) is 4.71. The first-order valence-corrected chi connectivity index (χ1v) is 12.0. The summed E-state index contributed by atoms with van der Waals surface area (Å²) in [6.45, 7) is 10.1. The number of hydrogen-bond acceptors (Lipinski definition) is 6. The van der Waals surface area contributed by atoms with Gasteiger partial charge in [-0.25, -0.2) is 0 Å². The fraction of sp³-hybridized carbons (Fsp3) is 0.414. The van der Waals surface area contributed by atoms with E-state index in [2.05, 4.69) is 32.9 Å². The molecule has 0 unspecified atom stereocenters. The van der Waals surface area contributed by atoms with Gasteiger partial charge in [0.05, 0.1) is 12.5 Å². The van der Waals surface area contributed by atoms with Gasteiger partial charge in [0.1, 0.15) is 33.7 Å². The Morgan fingerprint density at radius 2 is 1.77 bits per heavy atom. The van der Waals surface area contributed by atoms with Gasteiger partial charge in [-0.15, -0.1) is 0 Å². The first kappa shape index (κ1) is 24.7. The second-order valence-electron chi connectivity index (χ2n) is 10.2. The monoisotopic (exact) mass is 478 g/mol. The van der Waals surface area contributed by atoms with E-state index in [0.29, 0.717) is 40.5 Å². The Labute approximate surface area is 205 Å². The smallest absolute Gasteiger partial charge is 0.204 e. The highest BCUT2D eigenvalue weighted by Gasteiger charge is 2.32. The minimum absolute atomic E-state index is 0.0402. The van der Waals surface area contributed by atoms with Crippen molar-refractivity contribution in [3.05, 3.63) is 56.8 Å². The maximum Gasteiger partial charge on any atom is 0.204 e. The summed E-state index contributed by atoms with van der Waals surface area (Å²) in [5.41, 5.74) is 3.36. The van der Waals surface area contributed by atoms with Crippen LogP contribution in [0.15, 0.2) is 44.6 Å². The van der Waals surface area contributed by atoms with Crippen molar-refractivity contribution in [2.75, 3.05) is 7.11 Å². The Kier molecular flexibility index (Phi) is 6.58. The van der Waals surface area contributed by atoms with Crippen molar-refractivity contribution in [1.29, 1.82) is 0 Å². The number of rotatable bonds is 6. The van der Waals surface area contributed by atoms with E-state index < -0.39 is 5.60 Å². The van der Waals surface area contributed by atoms with Gasteiger partial charge in [-0.2, -0.15) is 0 Å². The molecule has 0 fully saturated rings. The zero-order valence-corrected chi connectivity index (χ0v) is 21.4. The molecule has 0 atom stereocenters. The van der Waals surface area contributed by atoms with E-state index in [-0.39, 0.29) is 33.8 Å². The summed E-state index contributed by atoms with van der Waals surface area (Å²) >= 11 is 0. The van der Waals surface area contributed by atoms with Gasteiger partial charge < -0.3 is 24.1 Å². The van der Waals surface area contributed by atoms with Crippen LogP contribution in [0.2, 0.25) is 0 Å². The molecule has 0 saturated heterocycles. The highest BCUT2D eigenvalue weighted by atomic mass is 16.5. The predicted octanol–water partition coefficient (Wildman–Crippen LogP) is 6.70. The van der Waals surface area contributed by atoms with Gasteiger partial charge in [0.25, 0.3) is 0 Å².